The summed E-state index contributed by atoms with van der Waals surface area (Å²) in [6.07, 6.45) is 4.34. The first-order chi connectivity index (χ1) is 21.6. The molecule has 2 heterocycles. The normalized spacial score (nSPS) is 16.2. The van der Waals surface area contributed by atoms with Crippen molar-refractivity contribution in [3.8, 4) is 46.0 Å². The van der Waals surface area contributed by atoms with Gasteiger partial charge in [0.2, 0.25) is 11.5 Å². The van der Waals surface area contributed by atoms with E-state index in [9.17, 15) is 4.79 Å². The summed E-state index contributed by atoms with van der Waals surface area (Å²) < 4.78 is 45.5. The van der Waals surface area contributed by atoms with Gasteiger partial charge in [-0.2, -0.15) is 5.10 Å². The highest BCUT2D eigenvalue weighted by Crippen LogP contribution is 2.47. The minimum absolute atomic E-state index is 0.295. The zero-order valence-electron chi connectivity index (χ0n) is 27.0. The van der Waals surface area contributed by atoms with Crippen LogP contribution in [0.2, 0.25) is 0 Å². The molecule has 0 radical (unpaired) electrons. The average molecular weight is 619 g/mol. The van der Waals surface area contributed by atoms with Gasteiger partial charge in [-0.1, -0.05) is 0 Å². The SMILES string of the molecule is COc1ccc(C2=NN(C(=O)c3cc(OC)c(OC)c(OC)c3)C(c3cc(OC)c(OC)c(OC)c3)C2)c2c1C=CC(C)(C)O2. The van der Waals surface area contributed by atoms with Gasteiger partial charge in [0.25, 0.3) is 5.91 Å². The maximum atomic E-state index is 14.4. The molecule has 11 nitrogen and oxygen atoms in total. The minimum Gasteiger partial charge on any atom is -0.496 e. The summed E-state index contributed by atoms with van der Waals surface area (Å²) in [5.74, 6) is 3.34. The molecule has 0 fully saturated rings. The van der Waals surface area contributed by atoms with Crippen molar-refractivity contribution in [3.05, 3.63) is 64.7 Å². The number of benzene rings is 3. The van der Waals surface area contributed by atoms with Crippen LogP contribution in [-0.2, 0) is 0 Å². The fourth-order valence-corrected chi connectivity index (χ4v) is 5.59. The topological polar surface area (TPSA) is 107 Å². The Balaban J connectivity index is 1.69. The number of fused-ring (bicyclic) bond motifs is 1. The lowest BCUT2D eigenvalue weighted by Crippen LogP contribution is -2.28. The monoisotopic (exact) mass is 618 g/mol. The van der Waals surface area contributed by atoms with Crippen molar-refractivity contribution in [1.29, 1.82) is 0 Å². The molecular formula is C34H38N2O9. The Kier molecular flexibility index (Phi) is 8.72. The van der Waals surface area contributed by atoms with E-state index < -0.39 is 11.6 Å². The van der Waals surface area contributed by atoms with Crippen molar-refractivity contribution in [2.45, 2.75) is 31.9 Å². The lowest BCUT2D eigenvalue weighted by atomic mass is 9.93. The number of methoxy groups -OCH3 is 7. The van der Waals surface area contributed by atoms with E-state index in [1.807, 2.05) is 50.3 Å². The number of ether oxygens (including phenoxy) is 8. The first-order valence-electron chi connectivity index (χ1n) is 14.2. The molecule has 5 rings (SSSR count). The van der Waals surface area contributed by atoms with Gasteiger partial charge in [-0.15, -0.1) is 0 Å². The molecule has 0 spiro atoms. The molecule has 3 aromatic rings. The van der Waals surface area contributed by atoms with Gasteiger partial charge in [-0.25, -0.2) is 5.01 Å². The molecule has 238 valence electrons. The van der Waals surface area contributed by atoms with Gasteiger partial charge in [-0.3, -0.25) is 4.79 Å². The molecule has 0 aromatic heterocycles. The van der Waals surface area contributed by atoms with Gasteiger partial charge in [-0.05, 0) is 68.0 Å². The van der Waals surface area contributed by atoms with Crippen molar-refractivity contribution in [3.63, 3.8) is 0 Å². The quantitative estimate of drug-likeness (QED) is 0.274. The largest absolute Gasteiger partial charge is 0.496 e. The predicted molar refractivity (Wildman–Crippen MR) is 169 cm³/mol. The third-order valence-electron chi connectivity index (χ3n) is 7.81. The standard InChI is InChI=1S/C34H38N2O9/c1-34(2)13-12-22-25(38-3)11-10-21(30(22)45-34)23-18-24(19-14-26(39-4)31(43-8)27(15-19)40-5)36(35-23)33(37)20-16-28(41-6)32(44-9)29(17-20)42-7/h10-17,24H,18H2,1-9H3. The average Bonchev–Trinajstić information content (AvgIpc) is 3.50. The van der Waals surface area contributed by atoms with Crippen LogP contribution in [0.25, 0.3) is 6.08 Å². The molecule has 0 saturated heterocycles. The Bertz CT molecular complexity index is 1630. The molecule has 3 aromatic carbocycles. The van der Waals surface area contributed by atoms with E-state index >= 15 is 0 Å². The number of carbonyl (C=O) groups is 1. The number of nitrogens with zero attached hydrogens (tertiary/aromatic N) is 2. The number of rotatable bonds is 10. The van der Waals surface area contributed by atoms with Crippen molar-refractivity contribution in [1.82, 2.24) is 5.01 Å². The zero-order valence-corrected chi connectivity index (χ0v) is 27.0. The number of carbonyl (C=O) groups excluding carboxylic acids is 1. The summed E-state index contributed by atoms with van der Waals surface area (Å²) in [5.41, 5.74) is 2.67. The highest BCUT2D eigenvalue weighted by atomic mass is 16.5. The smallest absolute Gasteiger partial charge is 0.274 e. The molecule has 1 atom stereocenters. The summed E-state index contributed by atoms with van der Waals surface area (Å²) in [6, 6.07) is 10.1. The van der Waals surface area contributed by atoms with Gasteiger partial charge in [0, 0.05) is 17.5 Å². The maximum Gasteiger partial charge on any atom is 0.274 e. The van der Waals surface area contributed by atoms with E-state index in [4.69, 9.17) is 43.0 Å². The number of hydrogen-bond donors (Lipinski definition) is 0. The fourth-order valence-electron chi connectivity index (χ4n) is 5.59. The number of hydrogen-bond acceptors (Lipinski definition) is 10. The molecule has 11 heteroatoms. The van der Waals surface area contributed by atoms with Crippen molar-refractivity contribution < 1.29 is 42.7 Å². The predicted octanol–water partition coefficient (Wildman–Crippen LogP) is 5.92. The molecule has 1 amide bonds. The fraction of sp³-hybridized carbons (Fsp3) is 0.353. The van der Waals surface area contributed by atoms with E-state index in [0.717, 1.165) is 16.7 Å². The van der Waals surface area contributed by atoms with E-state index in [1.54, 1.807) is 40.6 Å². The van der Waals surface area contributed by atoms with Gasteiger partial charge in [0.1, 0.15) is 17.1 Å². The Morgan fingerprint density at radius 1 is 0.778 bits per heavy atom. The summed E-state index contributed by atoms with van der Waals surface area (Å²) in [4.78, 5) is 14.4. The molecule has 0 bridgehead atoms. The van der Waals surface area contributed by atoms with Crippen LogP contribution in [0.4, 0.5) is 0 Å². The van der Waals surface area contributed by atoms with E-state index in [0.29, 0.717) is 63.7 Å². The van der Waals surface area contributed by atoms with Crippen LogP contribution in [-0.4, -0.2) is 72.0 Å². The van der Waals surface area contributed by atoms with E-state index in [-0.39, 0.29) is 5.91 Å². The third kappa shape index (κ3) is 5.65. The number of amides is 1. The third-order valence-corrected chi connectivity index (χ3v) is 7.81. The Morgan fingerprint density at radius 2 is 1.31 bits per heavy atom. The summed E-state index contributed by atoms with van der Waals surface area (Å²) >= 11 is 0. The second-order valence-electron chi connectivity index (χ2n) is 10.9. The maximum absolute atomic E-state index is 14.4. The lowest BCUT2D eigenvalue weighted by Gasteiger charge is -2.30. The van der Waals surface area contributed by atoms with Gasteiger partial charge in [0.15, 0.2) is 23.0 Å². The van der Waals surface area contributed by atoms with Crippen LogP contribution in [0.1, 0.15) is 53.4 Å². The second kappa shape index (κ2) is 12.5. The first kappa shape index (κ1) is 31.4. The molecule has 2 aliphatic rings. The molecule has 1 unspecified atom stereocenters. The lowest BCUT2D eigenvalue weighted by molar-refractivity contribution is 0.0709. The Hall–Kier alpha value is -5.06. The van der Waals surface area contributed by atoms with Gasteiger partial charge >= 0.3 is 0 Å². The van der Waals surface area contributed by atoms with E-state index in [1.165, 1.54) is 26.3 Å². The van der Waals surface area contributed by atoms with Crippen LogP contribution >= 0.6 is 0 Å². The Labute approximate surface area is 262 Å². The second-order valence-corrected chi connectivity index (χ2v) is 10.9. The molecule has 45 heavy (non-hydrogen) atoms. The van der Waals surface area contributed by atoms with Crippen molar-refractivity contribution in [2.75, 3.05) is 49.8 Å². The number of hydrazone groups is 1. The van der Waals surface area contributed by atoms with Crippen molar-refractivity contribution >= 4 is 17.7 Å². The molecule has 0 N–H and O–H groups in total. The van der Waals surface area contributed by atoms with Crippen molar-refractivity contribution in [2.24, 2.45) is 5.10 Å². The van der Waals surface area contributed by atoms with Gasteiger partial charge in [0.05, 0.1) is 67.1 Å². The highest BCUT2D eigenvalue weighted by molar-refractivity contribution is 6.08. The minimum atomic E-state index is -0.560. The van der Waals surface area contributed by atoms with Gasteiger partial charge < -0.3 is 37.9 Å². The summed E-state index contributed by atoms with van der Waals surface area (Å²) in [5, 5.41) is 6.40. The van der Waals surface area contributed by atoms with Crippen LogP contribution in [0.15, 0.2) is 47.6 Å². The molecule has 0 saturated carbocycles. The van der Waals surface area contributed by atoms with Crippen LogP contribution in [0.3, 0.4) is 0 Å². The summed E-state index contributed by atoms with van der Waals surface area (Å²) in [6.45, 7) is 3.95. The first-order valence-corrected chi connectivity index (χ1v) is 14.2. The summed E-state index contributed by atoms with van der Waals surface area (Å²) in [7, 11) is 10.8. The highest BCUT2D eigenvalue weighted by Gasteiger charge is 2.38. The molecule has 0 aliphatic carbocycles. The zero-order chi connectivity index (χ0) is 32.5. The molecular weight excluding hydrogens is 580 g/mol. The van der Waals surface area contributed by atoms with Crippen LogP contribution < -0.4 is 37.9 Å². The van der Waals surface area contributed by atoms with E-state index in [2.05, 4.69) is 0 Å². The Morgan fingerprint density at radius 3 is 1.82 bits per heavy atom. The molecule has 2 aliphatic heterocycles. The van der Waals surface area contributed by atoms with Crippen LogP contribution in [0.5, 0.6) is 46.0 Å². The van der Waals surface area contributed by atoms with Crippen LogP contribution in [0, 0.1) is 0 Å².